The molecule has 3 saturated heterocycles. The number of aromatic hydroxyl groups is 1. The molecule has 4 heterocycles. The van der Waals surface area contributed by atoms with E-state index in [0.717, 1.165) is 76.3 Å². The maximum absolute atomic E-state index is 13.2. The van der Waals surface area contributed by atoms with E-state index >= 15 is 0 Å². The van der Waals surface area contributed by atoms with Crippen LogP contribution >= 0.6 is 0 Å². The van der Waals surface area contributed by atoms with Crippen LogP contribution in [-0.4, -0.2) is 84.5 Å². The first-order valence-corrected chi connectivity index (χ1v) is 20.3. The molecule has 9 nitrogen and oxygen atoms in total. The third kappa shape index (κ3) is 7.34. The zero-order chi connectivity index (χ0) is 37.5. The lowest BCUT2D eigenvalue weighted by Crippen LogP contribution is -2.52. The van der Waals surface area contributed by atoms with E-state index in [2.05, 4.69) is 86.7 Å². The van der Waals surface area contributed by atoms with Crippen LogP contribution in [0.4, 0.5) is 11.4 Å². The van der Waals surface area contributed by atoms with Crippen LogP contribution < -0.4 is 15.1 Å². The van der Waals surface area contributed by atoms with E-state index in [-0.39, 0.29) is 24.1 Å². The zero-order valence-electron chi connectivity index (χ0n) is 31.5. The van der Waals surface area contributed by atoms with Crippen LogP contribution in [-0.2, 0) is 29.0 Å². The fourth-order valence-corrected chi connectivity index (χ4v) is 10.0. The van der Waals surface area contributed by atoms with Gasteiger partial charge in [-0.3, -0.25) is 24.6 Å². The highest BCUT2D eigenvalue weighted by Crippen LogP contribution is 2.44. The number of nitrogens with one attached hydrogen (secondary N) is 1. The van der Waals surface area contributed by atoms with Crippen LogP contribution in [0.2, 0.25) is 0 Å². The summed E-state index contributed by atoms with van der Waals surface area (Å²) in [7, 11) is 0. The quantitative estimate of drug-likeness (QED) is 0.210. The standard InChI is InChI=1S/C46H51N5O4/c52-39-13-15-40-34(28-39)6-7-35(26-31-4-2-1-3-5-31)44(40)33-8-10-37(11-9-33)49-20-18-32(19-21-49)29-48-22-24-50(25-23-48)38-12-14-41-36(27-38)30-51(46(41)55)42-16-17-43(53)47-45(42)54/h1-5,8-15,27-28,32,35,42,44,52H,6-7,16-26,29-30H2,(H,47,53,54)/t35-,42+,44+/m0/s1. The summed E-state index contributed by atoms with van der Waals surface area (Å²) in [5.74, 6) is 1.12. The summed E-state index contributed by atoms with van der Waals surface area (Å²) >= 11 is 0. The van der Waals surface area contributed by atoms with Gasteiger partial charge in [0, 0.05) is 81.6 Å². The van der Waals surface area contributed by atoms with Gasteiger partial charge >= 0.3 is 0 Å². The molecule has 0 radical (unpaired) electrons. The van der Waals surface area contributed by atoms with Gasteiger partial charge in [0.05, 0.1) is 0 Å². The number of anilines is 2. The maximum atomic E-state index is 13.2. The average Bonchev–Trinajstić information content (AvgIpc) is 3.53. The van der Waals surface area contributed by atoms with Crippen LogP contribution in [0.25, 0.3) is 0 Å². The van der Waals surface area contributed by atoms with Crippen LogP contribution in [0.15, 0.2) is 91.0 Å². The molecular weight excluding hydrogens is 687 g/mol. The van der Waals surface area contributed by atoms with Crippen molar-refractivity contribution in [2.75, 3.05) is 55.6 Å². The van der Waals surface area contributed by atoms with Crippen molar-refractivity contribution in [1.82, 2.24) is 15.1 Å². The Balaban J connectivity index is 0.775. The predicted molar refractivity (Wildman–Crippen MR) is 214 cm³/mol. The molecule has 3 fully saturated rings. The number of piperazine rings is 1. The molecule has 0 bridgehead atoms. The molecule has 0 saturated carbocycles. The Hall–Kier alpha value is -5.15. The van der Waals surface area contributed by atoms with Crippen molar-refractivity contribution >= 4 is 29.1 Å². The van der Waals surface area contributed by atoms with Crippen molar-refractivity contribution in [2.24, 2.45) is 11.8 Å². The fourth-order valence-electron chi connectivity index (χ4n) is 10.0. The smallest absolute Gasteiger partial charge is 0.255 e. The molecule has 3 amide bonds. The molecule has 0 aromatic heterocycles. The lowest BCUT2D eigenvalue weighted by atomic mass is 9.70. The number of carbonyl (C=O) groups is 3. The normalized spacial score (nSPS) is 23.5. The lowest BCUT2D eigenvalue weighted by molar-refractivity contribution is -0.136. The number of phenolic OH excluding ortho intramolecular Hbond substituents is 1. The Morgan fingerprint density at radius 2 is 1.44 bits per heavy atom. The minimum Gasteiger partial charge on any atom is -0.508 e. The van der Waals surface area contributed by atoms with E-state index in [1.807, 2.05) is 24.3 Å². The van der Waals surface area contributed by atoms with Crippen molar-refractivity contribution in [3.05, 3.63) is 124 Å². The van der Waals surface area contributed by atoms with Crippen molar-refractivity contribution < 1.29 is 19.5 Å². The maximum Gasteiger partial charge on any atom is 0.255 e. The predicted octanol–water partition coefficient (Wildman–Crippen LogP) is 6.13. The molecule has 4 aliphatic heterocycles. The molecule has 55 heavy (non-hydrogen) atoms. The van der Waals surface area contributed by atoms with Gasteiger partial charge in [0.15, 0.2) is 0 Å². The molecule has 9 rings (SSSR count). The van der Waals surface area contributed by atoms with Gasteiger partial charge in [0.2, 0.25) is 11.8 Å². The van der Waals surface area contributed by atoms with E-state index in [4.69, 9.17) is 0 Å². The molecule has 4 aromatic rings. The molecule has 284 valence electrons. The Labute approximate surface area is 323 Å². The number of fused-ring (bicyclic) bond motifs is 2. The number of rotatable bonds is 8. The highest BCUT2D eigenvalue weighted by Gasteiger charge is 2.39. The van der Waals surface area contributed by atoms with Gasteiger partial charge in [0.25, 0.3) is 5.91 Å². The number of aryl methyl sites for hydroxylation is 1. The number of piperidine rings is 2. The molecule has 3 atom stereocenters. The third-order valence-electron chi connectivity index (χ3n) is 13.1. The van der Waals surface area contributed by atoms with Gasteiger partial charge < -0.3 is 19.8 Å². The van der Waals surface area contributed by atoms with Gasteiger partial charge in [-0.2, -0.15) is 0 Å². The lowest BCUT2D eigenvalue weighted by Gasteiger charge is -2.40. The second-order valence-corrected chi connectivity index (χ2v) is 16.4. The Morgan fingerprint density at radius 3 is 2.20 bits per heavy atom. The van der Waals surface area contributed by atoms with Crippen LogP contribution in [0, 0.1) is 11.8 Å². The van der Waals surface area contributed by atoms with E-state index < -0.39 is 6.04 Å². The number of benzene rings is 4. The molecule has 9 heteroatoms. The number of amides is 3. The van der Waals surface area contributed by atoms with Gasteiger partial charge in [-0.1, -0.05) is 48.5 Å². The molecule has 5 aliphatic rings. The minimum atomic E-state index is -0.585. The van der Waals surface area contributed by atoms with Crippen LogP contribution in [0.3, 0.4) is 0 Å². The summed E-state index contributed by atoms with van der Waals surface area (Å²) in [6.07, 6.45) is 6.22. The van der Waals surface area contributed by atoms with Gasteiger partial charge in [-0.15, -0.1) is 0 Å². The monoisotopic (exact) mass is 737 g/mol. The number of hydrogen-bond acceptors (Lipinski definition) is 7. The first-order chi connectivity index (χ1) is 26.9. The summed E-state index contributed by atoms with van der Waals surface area (Å²) in [4.78, 5) is 46.5. The number of nitrogens with zero attached hydrogens (tertiary/aromatic N) is 4. The van der Waals surface area contributed by atoms with Crippen molar-refractivity contribution in [3.8, 4) is 5.75 Å². The Bertz CT molecular complexity index is 2050. The second-order valence-electron chi connectivity index (χ2n) is 16.4. The van der Waals surface area contributed by atoms with Crippen molar-refractivity contribution in [2.45, 2.75) is 63.5 Å². The highest BCUT2D eigenvalue weighted by atomic mass is 16.3. The minimum absolute atomic E-state index is 0.121. The third-order valence-corrected chi connectivity index (χ3v) is 13.1. The summed E-state index contributed by atoms with van der Waals surface area (Å²) in [6, 6.07) is 31.7. The van der Waals surface area contributed by atoms with Crippen molar-refractivity contribution in [1.29, 1.82) is 0 Å². The Kier molecular flexibility index (Phi) is 9.81. The Morgan fingerprint density at radius 1 is 0.691 bits per heavy atom. The topological polar surface area (TPSA) is 96.4 Å². The number of phenols is 1. The van der Waals surface area contributed by atoms with Crippen molar-refractivity contribution in [3.63, 3.8) is 0 Å². The number of carbonyl (C=O) groups excluding carboxylic acids is 3. The fraction of sp³-hybridized carbons (Fsp3) is 0.413. The molecule has 2 N–H and O–H groups in total. The first kappa shape index (κ1) is 35.5. The summed E-state index contributed by atoms with van der Waals surface area (Å²) in [6.45, 7) is 7.66. The van der Waals surface area contributed by atoms with Crippen LogP contribution in [0.5, 0.6) is 5.75 Å². The van der Waals surface area contributed by atoms with E-state index in [0.29, 0.717) is 42.0 Å². The molecule has 0 unspecified atom stereocenters. The number of hydrogen-bond donors (Lipinski definition) is 2. The molecule has 0 spiro atoms. The van der Waals surface area contributed by atoms with Gasteiger partial charge in [-0.25, -0.2) is 0 Å². The summed E-state index contributed by atoms with van der Waals surface area (Å²) in [5, 5.41) is 12.6. The number of imide groups is 1. The SMILES string of the molecule is O=C1CC[C@@H](N2Cc3cc(N4CCN(CC5CCN(c6ccc([C@H]7c8ccc(O)cc8CC[C@H]7Cc7ccccc7)cc6)CC5)CC4)ccc3C2=O)C(=O)N1. The largest absolute Gasteiger partial charge is 0.508 e. The first-order valence-electron chi connectivity index (χ1n) is 20.3. The second kappa shape index (κ2) is 15.2. The molecule has 4 aromatic carbocycles. The average molecular weight is 738 g/mol. The highest BCUT2D eigenvalue weighted by molar-refractivity contribution is 6.05. The van der Waals surface area contributed by atoms with Gasteiger partial charge in [-0.05, 0) is 121 Å². The van der Waals surface area contributed by atoms with E-state index in [9.17, 15) is 19.5 Å². The molecule has 1 aliphatic carbocycles. The zero-order valence-corrected chi connectivity index (χ0v) is 31.5. The summed E-state index contributed by atoms with van der Waals surface area (Å²) in [5.41, 5.74) is 9.48. The summed E-state index contributed by atoms with van der Waals surface area (Å²) < 4.78 is 0. The van der Waals surface area contributed by atoms with Crippen LogP contribution in [0.1, 0.15) is 76.2 Å². The molecular formula is C46H51N5O4. The van der Waals surface area contributed by atoms with E-state index in [1.165, 1.54) is 40.8 Å². The van der Waals surface area contributed by atoms with E-state index in [1.54, 1.807) is 4.90 Å². The van der Waals surface area contributed by atoms with Gasteiger partial charge in [0.1, 0.15) is 11.8 Å².